The van der Waals surface area contributed by atoms with Gasteiger partial charge in [-0.25, -0.2) is 9.37 Å². The van der Waals surface area contributed by atoms with Crippen molar-refractivity contribution in [2.45, 2.75) is 33.1 Å². The lowest BCUT2D eigenvalue weighted by atomic mass is 10.0. The molecule has 3 heteroatoms. The van der Waals surface area contributed by atoms with E-state index >= 15 is 0 Å². The molecule has 1 aromatic carbocycles. The Morgan fingerprint density at radius 1 is 1.33 bits per heavy atom. The van der Waals surface area contributed by atoms with Crippen molar-refractivity contribution in [3.8, 4) is 0 Å². The number of fused-ring (bicyclic) bond motifs is 1. The molecule has 18 heavy (non-hydrogen) atoms. The summed E-state index contributed by atoms with van der Waals surface area (Å²) in [5.41, 5.74) is 1.59. The number of nitrogens with one attached hydrogen (secondary N) is 1. The van der Waals surface area contributed by atoms with E-state index in [0.29, 0.717) is 11.4 Å². The Morgan fingerprint density at radius 2 is 2.11 bits per heavy atom. The Bertz CT molecular complexity index is 549. The third-order valence-corrected chi connectivity index (χ3v) is 2.99. The molecular formula is C15H19FN2. The molecule has 0 amide bonds. The molecule has 0 saturated heterocycles. The van der Waals surface area contributed by atoms with Gasteiger partial charge in [0.15, 0.2) is 0 Å². The highest BCUT2D eigenvalue weighted by molar-refractivity contribution is 5.82. The van der Waals surface area contributed by atoms with Gasteiger partial charge in [0.1, 0.15) is 17.2 Å². The standard InChI is InChI=1S/C15H19FN2/c1-4-8-17-15-12(10(2)3)9-11-6-5-7-13(16)14(11)18-15/h5-7,9-10H,4,8H2,1-3H3,(H,17,18). The van der Waals surface area contributed by atoms with Crippen molar-refractivity contribution in [1.82, 2.24) is 4.98 Å². The predicted octanol–water partition coefficient (Wildman–Crippen LogP) is 4.32. The summed E-state index contributed by atoms with van der Waals surface area (Å²) in [6.07, 6.45) is 1.02. The summed E-state index contributed by atoms with van der Waals surface area (Å²) in [7, 11) is 0. The van der Waals surface area contributed by atoms with Crippen LogP contribution in [0, 0.1) is 5.82 Å². The molecule has 1 heterocycles. The zero-order valence-electron chi connectivity index (χ0n) is 11.1. The molecule has 0 spiro atoms. The maximum atomic E-state index is 13.7. The Kier molecular flexibility index (Phi) is 3.80. The van der Waals surface area contributed by atoms with Gasteiger partial charge in [0.05, 0.1) is 0 Å². The summed E-state index contributed by atoms with van der Waals surface area (Å²) in [6.45, 7) is 7.20. The predicted molar refractivity (Wildman–Crippen MR) is 74.6 cm³/mol. The van der Waals surface area contributed by atoms with E-state index in [0.717, 1.165) is 29.7 Å². The zero-order valence-corrected chi connectivity index (χ0v) is 11.1. The van der Waals surface area contributed by atoms with Crippen LogP contribution < -0.4 is 5.32 Å². The Balaban J connectivity index is 2.57. The third-order valence-electron chi connectivity index (χ3n) is 2.99. The molecular weight excluding hydrogens is 227 g/mol. The number of benzene rings is 1. The zero-order chi connectivity index (χ0) is 13.1. The van der Waals surface area contributed by atoms with Crippen LogP contribution in [0.15, 0.2) is 24.3 Å². The van der Waals surface area contributed by atoms with Gasteiger partial charge in [0.2, 0.25) is 0 Å². The number of hydrogen-bond acceptors (Lipinski definition) is 2. The van der Waals surface area contributed by atoms with Gasteiger partial charge in [0, 0.05) is 11.9 Å². The molecule has 96 valence electrons. The number of anilines is 1. The summed E-state index contributed by atoms with van der Waals surface area (Å²) in [4.78, 5) is 4.45. The van der Waals surface area contributed by atoms with Gasteiger partial charge in [-0.1, -0.05) is 32.9 Å². The van der Waals surface area contributed by atoms with Gasteiger partial charge in [-0.15, -0.1) is 0 Å². The topological polar surface area (TPSA) is 24.9 Å². The first-order valence-electron chi connectivity index (χ1n) is 6.46. The quantitative estimate of drug-likeness (QED) is 0.869. The largest absolute Gasteiger partial charge is 0.370 e. The molecule has 2 aromatic rings. The van der Waals surface area contributed by atoms with E-state index in [1.54, 1.807) is 6.07 Å². The number of halogens is 1. The highest BCUT2D eigenvalue weighted by Crippen LogP contribution is 2.27. The van der Waals surface area contributed by atoms with Gasteiger partial charge in [-0.3, -0.25) is 0 Å². The van der Waals surface area contributed by atoms with Crippen LogP contribution in [0.5, 0.6) is 0 Å². The summed E-state index contributed by atoms with van der Waals surface area (Å²) in [5.74, 6) is 0.913. The maximum Gasteiger partial charge on any atom is 0.149 e. The first-order valence-corrected chi connectivity index (χ1v) is 6.46. The van der Waals surface area contributed by atoms with E-state index in [1.807, 2.05) is 12.1 Å². The second kappa shape index (κ2) is 5.34. The number of para-hydroxylation sites is 1. The van der Waals surface area contributed by atoms with E-state index in [1.165, 1.54) is 6.07 Å². The van der Waals surface area contributed by atoms with E-state index in [9.17, 15) is 4.39 Å². The van der Waals surface area contributed by atoms with Gasteiger partial charge in [-0.05, 0) is 30.0 Å². The first kappa shape index (κ1) is 12.8. The molecule has 0 fully saturated rings. The highest BCUT2D eigenvalue weighted by atomic mass is 19.1. The fourth-order valence-electron chi connectivity index (χ4n) is 2.00. The van der Waals surface area contributed by atoms with Crippen LogP contribution in [-0.2, 0) is 0 Å². The fourth-order valence-corrected chi connectivity index (χ4v) is 2.00. The van der Waals surface area contributed by atoms with Gasteiger partial charge in [0.25, 0.3) is 0 Å². The van der Waals surface area contributed by atoms with Crippen LogP contribution in [0.2, 0.25) is 0 Å². The molecule has 0 bridgehead atoms. The molecule has 0 radical (unpaired) electrons. The Hall–Kier alpha value is -1.64. The van der Waals surface area contributed by atoms with Crippen LogP contribution in [0.25, 0.3) is 10.9 Å². The summed E-state index contributed by atoms with van der Waals surface area (Å²) >= 11 is 0. The van der Waals surface area contributed by atoms with Crippen molar-refractivity contribution in [1.29, 1.82) is 0 Å². The highest BCUT2D eigenvalue weighted by Gasteiger charge is 2.11. The van der Waals surface area contributed by atoms with Crippen LogP contribution in [0.3, 0.4) is 0 Å². The average Bonchev–Trinajstić information content (AvgIpc) is 2.36. The summed E-state index contributed by atoms with van der Waals surface area (Å²) in [6, 6.07) is 7.12. The number of nitrogens with zero attached hydrogens (tertiary/aromatic N) is 1. The van der Waals surface area contributed by atoms with E-state index in [4.69, 9.17) is 0 Å². The smallest absolute Gasteiger partial charge is 0.149 e. The van der Waals surface area contributed by atoms with E-state index in [2.05, 4.69) is 31.1 Å². The molecule has 0 aliphatic rings. The lowest BCUT2D eigenvalue weighted by molar-refractivity contribution is 0.636. The van der Waals surface area contributed by atoms with Crippen molar-refractivity contribution < 1.29 is 4.39 Å². The van der Waals surface area contributed by atoms with Crippen molar-refractivity contribution in [2.75, 3.05) is 11.9 Å². The molecule has 2 rings (SSSR count). The van der Waals surface area contributed by atoms with Gasteiger partial charge >= 0.3 is 0 Å². The normalized spacial score (nSPS) is 11.2. The second-order valence-corrected chi connectivity index (χ2v) is 4.82. The lowest BCUT2D eigenvalue weighted by Crippen LogP contribution is -2.07. The van der Waals surface area contributed by atoms with Crippen molar-refractivity contribution in [3.05, 3.63) is 35.6 Å². The molecule has 1 aromatic heterocycles. The maximum absolute atomic E-state index is 13.7. The minimum absolute atomic E-state index is 0.262. The van der Waals surface area contributed by atoms with Crippen LogP contribution in [-0.4, -0.2) is 11.5 Å². The number of pyridine rings is 1. The Morgan fingerprint density at radius 3 is 2.78 bits per heavy atom. The molecule has 0 aliphatic carbocycles. The number of rotatable bonds is 4. The SMILES string of the molecule is CCCNc1nc2c(F)cccc2cc1C(C)C. The second-order valence-electron chi connectivity index (χ2n) is 4.82. The molecule has 0 atom stereocenters. The molecule has 2 nitrogen and oxygen atoms in total. The molecule has 0 aliphatic heterocycles. The van der Waals surface area contributed by atoms with Gasteiger partial charge in [-0.2, -0.15) is 0 Å². The average molecular weight is 246 g/mol. The fraction of sp³-hybridized carbons (Fsp3) is 0.400. The molecule has 0 saturated carbocycles. The van der Waals surface area contributed by atoms with Crippen molar-refractivity contribution in [2.24, 2.45) is 0 Å². The van der Waals surface area contributed by atoms with Crippen LogP contribution in [0.4, 0.5) is 10.2 Å². The number of hydrogen-bond donors (Lipinski definition) is 1. The van der Waals surface area contributed by atoms with Crippen molar-refractivity contribution in [3.63, 3.8) is 0 Å². The lowest BCUT2D eigenvalue weighted by Gasteiger charge is -2.14. The van der Waals surface area contributed by atoms with E-state index in [-0.39, 0.29) is 5.82 Å². The number of aromatic nitrogens is 1. The van der Waals surface area contributed by atoms with E-state index < -0.39 is 0 Å². The first-order chi connectivity index (χ1) is 8.63. The van der Waals surface area contributed by atoms with Crippen molar-refractivity contribution >= 4 is 16.7 Å². The van der Waals surface area contributed by atoms with Crippen LogP contribution in [0.1, 0.15) is 38.7 Å². The molecule has 0 unspecified atom stereocenters. The summed E-state index contributed by atoms with van der Waals surface area (Å²) < 4.78 is 13.7. The third kappa shape index (κ3) is 2.45. The Labute approximate surface area is 107 Å². The minimum Gasteiger partial charge on any atom is -0.370 e. The van der Waals surface area contributed by atoms with Gasteiger partial charge < -0.3 is 5.32 Å². The summed E-state index contributed by atoms with van der Waals surface area (Å²) in [5, 5.41) is 4.15. The van der Waals surface area contributed by atoms with Crippen LogP contribution >= 0.6 is 0 Å². The minimum atomic E-state index is -0.262. The molecule has 1 N–H and O–H groups in total. The monoisotopic (exact) mass is 246 g/mol.